The largest absolute Gasteiger partial charge is 0.478 e. The summed E-state index contributed by atoms with van der Waals surface area (Å²) in [6.07, 6.45) is 6.97. The molecule has 0 unspecified atom stereocenters. The number of ether oxygens (including phenoxy) is 3. The number of esters is 2. The van der Waals surface area contributed by atoms with Crippen molar-refractivity contribution in [3.63, 3.8) is 0 Å². The van der Waals surface area contributed by atoms with Gasteiger partial charge in [-0.05, 0) is 68.2 Å². The van der Waals surface area contributed by atoms with Crippen LogP contribution >= 0.6 is 0 Å². The highest BCUT2D eigenvalue weighted by molar-refractivity contribution is 5.85. The van der Waals surface area contributed by atoms with Crippen molar-refractivity contribution in [2.75, 3.05) is 6.61 Å². The summed E-state index contributed by atoms with van der Waals surface area (Å²) in [4.78, 5) is 32.3. The van der Waals surface area contributed by atoms with Crippen LogP contribution in [-0.2, 0) is 23.8 Å². The van der Waals surface area contributed by atoms with E-state index in [-0.39, 0.29) is 42.7 Å². The number of aryl methyl sites for hydroxylation is 1. The molecule has 1 aromatic rings. The van der Waals surface area contributed by atoms with Gasteiger partial charge in [0.1, 0.15) is 24.1 Å². The monoisotopic (exact) mass is 504 g/mol. The third kappa shape index (κ3) is 12.7. The van der Waals surface area contributed by atoms with Crippen molar-refractivity contribution < 1.29 is 28.2 Å². The number of carbonyl (C=O) groups is 2. The second-order valence-corrected chi connectivity index (χ2v) is 11.0. The van der Waals surface area contributed by atoms with E-state index in [1.165, 1.54) is 0 Å². The van der Waals surface area contributed by atoms with Gasteiger partial charge >= 0.3 is 11.9 Å². The molecule has 0 aliphatic carbocycles. The second kappa shape index (κ2) is 14.0. The van der Waals surface area contributed by atoms with Crippen LogP contribution in [-0.4, -0.2) is 46.7 Å². The van der Waals surface area contributed by atoms with E-state index in [4.69, 9.17) is 18.6 Å². The number of aromatic nitrogens is 1. The second-order valence-electron chi connectivity index (χ2n) is 11.0. The Hall–Kier alpha value is -2.90. The van der Waals surface area contributed by atoms with Gasteiger partial charge in [-0.25, -0.2) is 9.98 Å². The summed E-state index contributed by atoms with van der Waals surface area (Å²) in [5, 5.41) is 0. The lowest BCUT2D eigenvalue weighted by Crippen LogP contribution is -2.27. The van der Waals surface area contributed by atoms with Gasteiger partial charge in [-0.2, -0.15) is 0 Å². The van der Waals surface area contributed by atoms with E-state index >= 15 is 0 Å². The number of hydrogen-bond donors (Lipinski definition) is 0. The first kappa shape index (κ1) is 31.1. The van der Waals surface area contributed by atoms with Gasteiger partial charge in [0.05, 0.1) is 24.6 Å². The van der Waals surface area contributed by atoms with E-state index < -0.39 is 11.2 Å². The first-order chi connectivity index (χ1) is 16.6. The summed E-state index contributed by atoms with van der Waals surface area (Å²) in [5.74, 6) is 0.602. The lowest BCUT2D eigenvalue weighted by Gasteiger charge is -2.21. The standard InChI is InChI=1S/C14H23NO3.C14H21NO3/c2*1-6-7-11(13-15-10(2)9-17-13)8-12(16)18-14(3,4)5/h6,10-11H,1,7-9H2,2-5H3;6,9,11H,1,7-8H2,2-5H3/t10-,11+;11-/m01/s1. The zero-order chi connectivity index (χ0) is 27.5. The quantitative estimate of drug-likeness (QED) is 0.280. The average Bonchev–Trinajstić information content (AvgIpc) is 3.33. The number of allylic oxidation sites excluding steroid dienone is 2. The normalized spacial score (nSPS) is 17.0. The lowest BCUT2D eigenvalue weighted by atomic mass is 10.0. The maximum atomic E-state index is 11.8. The predicted octanol–water partition coefficient (Wildman–Crippen LogP) is 6.10. The zero-order valence-electron chi connectivity index (χ0n) is 23.3. The van der Waals surface area contributed by atoms with Crippen molar-refractivity contribution in [3.8, 4) is 0 Å². The first-order valence-corrected chi connectivity index (χ1v) is 12.4. The molecular formula is C28H44N2O6. The van der Waals surface area contributed by atoms with E-state index in [0.29, 0.717) is 31.2 Å². The molecular weight excluding hydrogens is 460 g/mol. The smallest absolute Gasteiger partial charge is 0.307 e. The molecule has 36 heavy (non-hydrogen) atoms. The Morgan fingerprint density at radius 3 is 1.92 bits per heavy atom. The molecule has 1 aliphatic rings. The van der Waals surface area contributed by atoms with Crippen LogP contribution in [0.3, 0.4) is 0 Å². The molecule has 0 bridgehead atoms. The zero-order valence-corrected chi connectivity index (χ0v) is 23.3. The predicted molar refractivity (Wildman–Crippen MR) is 141 cm³/mol. The van der Waals surface area contributed by atoms with E-state index in [1.807, 2.05) is 55.4 Å². The Morgan fingerprint density at radius 2 is 1.53 bits per heavy atom. The molecule has 0 saturated heterocycles. The maximum absolute atomic E-state index is 11.8. The van der Waals surface area contributed by atoms with Crippen molar-refractivity contribution in [3.05, 3.63) is 43.2 Å². The van der Waals surface area contributed by atoms with Gasteiger partial charge in [0.25, 0.3) is 0 Å². The Labute approximate surface area is 216 Å². The first-order valence-electron chi connectivity index (χ1n) is 12.4. The van der Waals surface area contributed by atoms with Crippen LogP contribution in [0.1, 0.15) is 91.7 Å². The fourth-order valence-electron chi connectivity index (χ4n) is 3.39. The van der Waals surface area contributed by atoms with Crippen LogP contribution in [0.15, 0.2) is 41.0 Å². The molecule has 2 heterocycles. The lowest BCUT2D eigenvalue weighted by molar-refractivity contribution is -0.156. The van der Waals surface area contributed by atoms with Gasteiger partial charge in [0, 0.05) is 11.8 Å². The van der Waals surface area contributed by atoms with Crippen LogP contribution in [0, 0.1) is 12.8 Å². The van der Waals surface area contributed by atoms with E-state index in [2.05, 4.69) is 23.1 Å². The van der Waals surface area contributed by atoms with E-state index in [9.17, 15) is 9.59 Å². The summed E-state index contributed by atoms with van der Waals surface area (Å²) in [7, 11) is 0. The Bertz CT molecular complexity index is 904. The summed E-state index contributed by atoms with van der Waals surface area (Å²) in [6, 6.07) is 0.172. The van der Waals surface area contributed by atoms with Crippen LogP contribution in [0.2, 0.25) is 0 Å². The molecule has 8 heteroatoms. The highest BCUT2D eigenvalue weighted by Crippen LogP contribution is 2.25. The summed E-state index contributed by atoms with van der Waals surface area (Å²) in [5.41, 5.74) is -0.118. The van der Waals surface area contributed by atoms with Crippen molar-refractivity contribution >= 4 is 17.8 Å². The van der Waals surface area contributed by atoms with E-state index in [1.54, 1.807) is 18.4 Å². The third-order valence-electron chi connectivity index (χ3n) is 4.72. The van der Waals surface area contributed by atoms with Gasteiger partial charge < -0.3 is 18.6 Å². The Balaban J connectivity index is 0.000000360. The van der Waals surface area contributed by atoms with Gasteiger partial charge in [-0.1, -0.05) is 12.2 Å². The van der Waals surface area contributed by atoms with E-state index in [0.717, 1.165) is 5.69 Å². The molecule has 1 aliphatic heterocycles. The van der Waals surface area contributed by atoms with Crippen LogP contribution in [0.4, 0.5) is 0 Å². The van der Waals surface area contributed by atoms with Crippen LogP contribution < -0.4 is 0 Å². The molecule has 0 spiro atoms. The molecule has 0 aromatic carbocycles. The van der Waals surface area contributed by atoms with Crippen molar-refractivity contribution in [2.45, 2.75) is 104 Å². The van der Waals surface area contributed by atoms with Crippen LogP contribution in [0.5, 0.6) is 0 Å². The third-order valence-corrected chi connectivity index (χ3v) is 4.72. The number of nitrogens with zero attached hydrogens (tertiary/aromatic N) is 2. The topological polar surface area (TPSA) is 100 Å². The molecule has 8 nitrogen and oxygen atoms in total. The fourth-order valence-corrected chi connectivity index (χ4v) is 3.39. The number of rotatable bonds is 10. The minimum atomic E-state index is -0.470. The fraction of sp³-hybridized carbons (Fsp3) is 0.643. The van der Waals surface area contributed by atoms with Crippen LogP contribution in [0.25, 0.3) is 0 Å². The molecule has 202 valence electrons. The number of hydrogen-bond acceptors (Lipinski definition) is 8. The maximum Gasteiger partial charge on any atom is 0.307 e. The SMILES string of the molecule is C=CC[C@H](CC(=O)OC(C)(C)C)C1=N[C@@H](C)CO1.C=CC[C@H](CC(=O)OC(C)(C)C)c1nc(C)co1. The van der Waals surface area contributed by atoms with Crippen molar-refractivity contribution in [1.82, 2.24) is 4.98 Å². The van der Waals surface area contributed by atoms with Gasteiger partial charge in [-0.3, -0.25) is 9.59 Å². The summed E-state index contributed by atoms with van der Waals surface area (Å²) in [6.45, 7) is 23.0. The van der Waals surface area contributed by atoms with Gasteiger partial charge in [-0.15, -0.1) is 13.2 Å². The van der Waals surface area contributed by atoms with Gasteiger partial charge in [0.15, 0.2) is 11.8 Å². The minimum Gasteiger partial charge on any atom is -0.478 e. The number of oxazole rings is 1. The highest BCUT2D eigenvalue weighted by atomic mass is 16.6. The highest BCUT2D eigenvalue weighted by Gasteiger charge is 2.27. The van der Waals surface area contributed by atoms with Crippen molar-refractivity contribution in [1.29, 1.82) is 0 Å². The Morgan fingerprint density at radius 1 is 1.03 bits per heavy atom. The molecule has 3 atom stereocenters. The van der Waals surface area contributed by atoms with Crippen molar-refractivity contribution in [2.24, 2.45) is 10.9 Å². The molecule has 1 aromatic heterocycles. The molecule has 0 amide bonds. The number of aliphatic imine (C=N–C) groups is 1. The average molecular weight is 505 g/mol. The molecule has 0 radical (unpaired) electrons. The summed E-state index contributed by atoms with van der Waals surface area (Å²) >= 11 is 0. The molecule has 2 rings (SSSR count). The molecule has 0 fully saturated rings. The number of carbonyl (C=O) groups excluding carboxylic acids is 2. The Kier molecular flexibility index (Phi) is 12.1. The summed E-state index contributed by atoms with van der Waals surface area (Å²) < 4.78 is 21.5. The van der Waals surface area contributed by atoms with Gasteiger partial charge in [0.2, 0.25) is 0 Å². The molecule has 0 N–H and O–H groups in total. The minimum absolute atomic E-state index is 0.0534. The molecule has 0 saturated carbocycles.